The molecule has 3 N–H and O–H groups in total. The normalized spacial score (nSPS) is 11.0. The lowest BCUT2D eigenvalue weighted by Crippen LogP contribution is -2.06. The van der Waals surface area contributed by atoms with Gasteiger partial charge in [-0.05, 0) is 50.1 Å². The van der Waals surface area contributed by atoms with Crippen molar-refractivity contribution in [2.24, 2.45) is 0 Å². The summed E-state index contributed by atoms with van der Waals surface area (Å²) in [6.07, 6.45) is 0. The van der Waals surface area contributed by atoms with Crippen LogP contribution >= 0.6 is 11.8 Å². The standard InChI is InChI=1S/C22H22N6S/c1-13-7-9-16(10-8-13)24-22-26-18(25-21(23)28-22)12-29-19-11-15(3)17-6-4-5-14(2)20(17)27-19/h4-11H,12H2,1-3H3,(H3,23,24,25,26,28). The number of hydrogen-bond donors (Lipinski definition) is 2. The van der Waals surface area contributed by atoms with Crippen molar-refractivity contribution in [2.75, 3.05) is 11.1 Å². The molecule has 0 saturated carbocycles. The first kappa shape index (κ1) is 19.1. The van der Waals surface area contributed by atoms with E-state index in [4.69, 9.17) is 10.7 Å². The van der Waals surface area contributed by atoms with Gasteiger partial charge in [0.2, 0.25) is 11.9 Å². The summed E-state index contributed by atoms with van der Waals surface area (Å²) in [5, 5.41) is 5.31. The predicted octanol–water partition coefficient (Wildman–Crippen LogP) is 4.96. The van der Waals surface area contributed by atoms with Crippen molar-refractivity contribution < 1.29 is 0 Å². The minimum Gasteiger partial charge on any atom is -0.368 e. The minimum atomic E-state index is 0.198. The molecule has 0 aliphatic heterocycles. The highest BCUT2D eigenvalue weighted by Gasteiger charge is 2.09. The summed E-state index contributed by atoms with van der Waals surface area (Å²) in [6, 6.07) is 16.4. The van der Waals surface area contributed by atoms with E-state index in [1.807, 2.05) is 31.2 Å². The molecule has 0 saturated heterocycles. The van der Waals surface area contributed by atoms with Gasteiger partial charge in [-0.1, -0.05) is 47.7 Å². The molecule has 0 fully saturated rings. The molecule has 2 heterocycles. The van der Waals surface area contributed by atoms with Gasteiger partial charge in [-0.25, -0.2) is 4.98 Å². The van der Waals surface area contributed by atoms with Gasteiger partial charge in [0.25, 0.3) is 0 Å². The van der Waals surface area contributed by atoms with Gasteiger partial charge in [-0.3, -0.25) is 0 Å². The number of hydrogen-bond acceptors (Lipinski definition) is 7. The second kappa shape index (κ2) is 8.05. The number of nitrogens with one attached hydrogen (secondary N) is 1. The number of nitrogens with zero attached hydrogens (tertiary/aromatic N) is 4. The van der Waals surface area contributed by atoms with E-state index in [1.165, 1.54) is 22.1 Å². The van der Waals surface area contributed by atoms with Crippen LogP contribution in [0.15, 0.2) is 53.6 Å². The summed E-state index contributed by atoms with van der Waals surface area (Å²) in [6.45, 7) is 6.24. The highest BCUT2D eigenvalue weighted by atomic mass is 32.2. The van der Waals surface area contributed by atoms with Crippen LogP contribution in [0.3, 0.4) is 0 Å². The van der Waals surface area contributed by atoms with Gasteiger partial charge in [0.1, 0.15) is 5.82 Å². The number of rotatable bonds is 5. The number of fused-ring (bicyclic) bond motifs is 1. The Labute approximate surface area is 174 Å². The molecule has 0 amide bonds. The molecule has 0 atom stereocenters. The van der Waals surface area contributed by atoms with E-state index in [0.717, 1.165) is 16.2 Å². The largest absolute Gasteiger partial charge is 0.368 e. The van der Waals surface area contributed by atoms with Crippen LogP contribution in [0.4, 0.5) is 17.6 Å². The monoisotopic (exact) mass is 402 g/mol. The van der Waals surface area contributed by atoms with Crippen LogP contribution in [0.2, 0.25) is 0 Å². The van der Waals surface area contributed by atoms with Crippen LogP contribution in [-0.4, -0.2) is 19.9 Å². The molecule has 2 aromatic heterocycles. The van der Waals surface area contributed by atoms with Gasteiger partial charge < -0.3 is 11.1 Å². The van der Waals surface area contributed by atoms with Crippen molar-refractivity contribution in [3.8, 4) is 0 Å². The molecule has 0 aliphatic rings. The Hall–Kier alpha value is -3.19. The molecular weight excluding hydrogens is 380 g/mol. The number of nitrogen functional groups attached to an aromatic ring is 1. The zero-order valence-corrected chi connectivity index (χ0v) is 17.4. The van der Waals surface area contributed by atoms with Crippen molar-refractivity contribution in [3.63, 3.8) is 0 Å². The lowest BCUT2D eigenvalue weighted by atomic mass is 10.1. The third-order valence-corrected chi connectivity index (χ3v) is 5.49. The SMILES string of the molecule is Cc1ccc(Nc2nc(N)nc(CSc3cc(C)c4cccc(C)c4n3)n2)cc1. The van der Waals surface area contributed by atoms with Crippen LogP contribution in [0, 0.1) is 20.8 Å². The fraction of sp³-hybridized carbons (Fsp3) is 0.182. The molecule has 29 heavy (non-hydrogen) atoms. The lowest BCUT2D eigenvalue weighted by Gasteiger charge is -2.09. The molecule has 146 valence electrons. The Morgan fingerprint density at radius 3 is 2.48 bits per heavy atom. The lowest BCUT2D eigenvalue weighted by molar-refractivity contribution is 0.980. The molecule has 0 aliphatic carbocycles. The fourth-order valence-corrected chi connectivity index (χ4v) is 3.89. The average Bonchev–Trinajstić information content (AvgIpc) is 2.69. The number of aromatic nitrogens is 4. The maximum Gasteiger partial charge on any atom is 0.232 e. The van der Waals surface area contributed by atoms with Crippen LogP contribution in [0.5, 0.6) is 0 Å². The van der Waals surface area contributed by atoms with E-state index < -0.39 is 0 Å². The van der Waals surface area contributed by atoms with E-state index in [1.54, 1.807) is 11.8 Å². The van der Waals surface area contributed by atoms with E-state index in [-0.39, 0.29) is 5.95 Å². The first-order valence-electron chi connectivity index (χ1n) is 9.32. The summed E-state index contributed by atoms with van der Waals surface area (Å²) in [4.78, 5) is 17.8. The van der Waals surface area contributed by atoms with E-state index in [2.05, 4.69) is 58.4 Å². The summed E-state index contributed by atoms with van der Waals surface area (Å²) < 4.78 is 0. The molecule has 6 nitrogen and oxygen atoms in total. The Kier molecular flexibility index (Phi) is 5.31. The first-order valence-corrected chi connectivity index (χ1v) is 10.3. The molecular formula is C22H22N6S. The van der Waals surface area contributed by atoms with Crippen molar-refractivity contribution >= 4 is 40.2 Å². The van der Waals surface area contributed by atoms with E-state index in [0.29, 0.717) is 17.5 Å². The Morgan fingerprint density at radius 2 is 1.69 bits per heavy atom. The highest BCUT2D eigenvalue weighted by Crippen LogP contribution is 2.27. The summed E-state index contributed by atoms with van der Waals surface area (Å²) >= 11 is 1.59. The molecule has 4 aromatic rings. The predicted molar refractivity (Wildman–Crippen MR) is 119 cm³/mol. The second-order valence-electron chi connectivity index (χ2n) is 6.96. The first-order chi connectivity index (χ1) is 14.0. The smallest absolute Gasteiger partial charge is 0.232 e. The zero-order valence-electron chi connectivity index (χ0n) is 16.6. The quantitative estimate of drug-likeness (QED) is 0.456. The van der Waals surface area contributed by atoms with Gasteiger partial charge in [0, 0.05) is 11.1 Å². The van der Waals surface area contributed by atoms with Gasteiger partial charge in [0.05, 0.1) is 16.3 Å². The maximum atomic E-state index is 5.90. The number of nitrogens with two attached hydrogens (primary N) is 1. The van der Waals surface area contributed by atoms with Crippen molar-refractivity contribution in [3.05, 3.63) is 71.0 Å². The van der Waals surface area contributed by atoms with Crippen LogP contribution in [-0.2, 0) is 5.75 Å². The molecule has 4 rings (SSSR count). The van der Waals surface area contributed by atoms with Gasteiger partial charge in [0.15, 0.2) is 0 Å². The minimum absolute atomic E-state index is 0.198. The van der Waals surface area contributed by atoms with Crippen LogP contribution < -0.4 is 11.1 Å². The third-order valence-electron chi connectivity index (χ3n) is 4.58. The second-order valence-corrected chi connectivity index (χ2v) is 7.96. The Balaban J connectivity index is 1.54. The van der Waals surface area contributed by atoms with Crippen molar-refractivity contribution in [2.45, 2.75) is 31.6 Å². The summed E-state index contributed by atoms with van der Waals surface area (Å²) in [5.74, 6) is 1.81. The van der Waals surface area contributed by atoms with E-state index in [9.17, 15) is 0 Å². The third kappa shape index (κ3) is 4.46. The molecule has 0 radical (unpaired) electrons. The topological polar surface area (TPSA) is 89.6 Å². The maximum absolute atomic E-state index is 5.90. The number of aryl methyl sites for hydroxylation is 3. The number of benzene rings is 2. The average molecular weight is 403 g/mol. The van der Waals surface area contributed by atoms with Crippen molar-refractivity contribution in [1.82, 2.24) is 19.9 Å². The van der Waals surface area contributed by atoms with E-state index >= 15 is 0 Å². The van der Waals surface area contributed by atoms with Crippen LogP contribution in [0.25, 0.3) is 10.9 Å². The molecule has 7 heteroatoms. The fourth-order valence-electron chi connectivity index (χ4n) is 3.07. The zero-order chi connectivity index (χ0) is 20.4. The molecule has 0 spiro atoms. The van der Waals surface area contributed by atoms with Crippen molar-refractivity contribution in [1.29, 1.82) is 0 Å². The highest BCUT2D eigenvalue weighted by molar-refractivity contribution is 7.98. The summed E-state index contributed by atoms with van der Waals surface area (Å²) in [7, 11) is 0. The number of anilines is 3. The number of para-hydroxylation sites is 1. The molecule has 0 bridgehead atoms. The molecule has 2 aromatic carbocycles. The summed E-state index contributed by atoms with van der Waals surface area (Å²) in [5.41, 5.74) is 11.4. The molecule has 0 unspecified atom stereocenters. The van der Waals surface area contributed by atoms with Crippen LogP contribution in [0.1, 0.15) is 22.5 Å². The van der Waals surface area contributed by atoms with Gasteiger partial charge in [-0.2, -0.15) is 15.0 Å². The number of pyridine rings is 1. The van der Waals surface area contributed by atoms with Gasteiger partial charge >= 0.3 is 0 Å². The number of thioether (sulfide) groups is 1. The Bertz CT molecular complexity index is 1170. The van der Waals surface area contributed by atoms with Gasteiger partial charge in [-0.15, -0.1) is 0 Å². The Morgan fingerprint density at radius 1 is 0.897 bits per heavy atom.